The highest BCUT2D eigenvalue weighted by Crippen LogP contribution is 2.32. The van der Waals surface area contributed by atoms with Crippen LogP contribution in [0.5, 0.6) is 0 Å². The molecule has 0 saturated carbocycles. The molecule has 3 nitrogen and oxygen atoms in total. The van der Waals surface area contributed by atoms with Crippen molar-refractivity contribution in [1.29, 1.82) is 0 Å². The Hall–Kier alpha value is -1.43. The zero-order valence-corrected chi connectivity index (χ0v) is 9.92. The molecule has 1 aromatic heterocycles. The molecule has 0 unspecified atom stereocenters. The molecule has 0 aliphatic carbocycles. The highest BCUT2D eigenvalue weighted by molar-refractivity contribution is 9.10. The lowest BCUT2D eigenvalue weighted by Gasteiger charge is -2.04. The third-order valence-electron chi connectivity index (χ3n) is 2.14. The van der Waals surface area contributed by atoms with Crippen molar-refractivity contribution in [2.24, 2.45) is 7.05 Å². The van der Waals surface area contributed by atoms with E-state index in [1.165, 1.54) is 10.7 Å². The lowest BCUT2D eigenvalue weighted by Crippen LogP contribution is -1.98. The molecule has 2 rings (SSSR count). The Kier molecular flexibility index (Phi) is 2.67. The Balaban J connectivity index is 2.73. The van der Waals surface area contributed by atoms with Gasteiger partial charge in [-0.05, 0) is 28.1 Å². The molecule has 0 bridgehead atoms. The van der Waals surface area contributed by atoms with Crippen molar-refractivity contribution < 1.29 is 8.78 Å². The first kappa shape index (κ1) is 11.1. The highest BCUT2D eigenvalue weighted by atomic mass is 79.9. The zero-order chi connectivity index (χ0) is 11.9. The Morgan fingerprint density at radius 2 is 2.06 bits per heavy atom. The molecule has 0 spiro atoms. The van der Waals surface area contributed by atoms with Crippen LogP contribution in [0.1, 0.15) is 0 Å². The number of aryl methyl sites for hydroxylation is 1. The fourth-order valence-corrected chi connectivity index (χ4v) is 1.99. The van der Waals surface area contributed by atoms with Crippen LogP contribution < -0.4 is 5.73 Å². The van der Waals surface area contributed by atoms with Crippen molar-refractivity contribution in [2.75, 3.05) is 5.73 Å². The SMILES string of the molecule is Cn1cc(Br)c(-c2c(F)ccc(N)c2F)n1. The van der Waals surface area contributed by atoms with Gasteiger partial charge in [0.05, 0.1) is 15.7 Å². The first-order chi connectivity index (χ1) is 7.50. The first-order valence-electron chi connectivity index (χ1n) is 4.43. The van der Waals surface area contributed by atoms with E-state index < -0.39 is 11.6 Å². The van der Waals surface area contributed by atoms with Gasteiger partial charge in [0.15, 0.2) is 5.82 Å². The average Bonchev–Trinajstić information content (AvgIpc) is 2.53. The second kappa shape index (κ2) is 3.86. The van der Waals surface area contributed by atoms with Crippen LogP contribution >= 0.6 is 15.9 Å². The molecule has 0 amide bonds. The molecule has 1 heterocycles. The molecule has 84 valence electrons. The van der Waals surface area contributed by atoms with Gasteiger partial charge in [0.25, 0.3) is 0 Å². The van der Waals surface area contributed by atoms with Crippen LogP contribution in [0.4, 0.5) is 14.5 Å². The van der Waals surface area contributed by atoms with Crippen LogP contribution in [0.15, 0.2) is 22.8 Å². The summed E-state index contributed by atoms with van der Waals surface area (Å²) in [6, 6.07) is 2.31. The summed E-state index contributed by atoms with van der Waals surface area (Å²) in [5, 5.41) is 3.98. The number of halogens is 3. The van der Waals surface area contributed by atoms with Gasteiger partial charge in [-0.2, -0.15) is 5.10 Å². The van der Waals surface area contributed by atoms with Gasteiger partial charge in [-0.1, -0.05) is 0 Å². The van der Waals surface area contributed by atoms with Crippen molar-refractivity contribution in [3.8, 4) is 11.3 Å². The summed E-state index contributed by atoms with van der Waals surface area (Å²) in [5.74, 6) is -1.48. The standard InChI is InChI=1S/C10H8BrF2N3/c1-16-4-5(11)10(15-16)8-6(12)2-3-7(14)9(8)13/h2-4H,14H2,1H3. The number of hydrogen-bond donors (Lipinski definition) is 1. The third kappa shape index (κ3) is 1.69. The van der Waals surface area contributed by atoms with Gasteiger partial charge in [-0.3, -0.25) is 4.68 Å². The molecule has 0 radical (unpaired) electrons. The average molecular weight is 288 g/mol. The van der Waals surface area contributed by atoms with Crippen LogP contribution in [-0.2, 0) is 7.05 Å². The maximum atomic E-state index is 13.7. The fraction of sp³-hybridized carbons (Fsp3) is 0.100. The number of nitrogens with zero attached hydrogens (tertiary/aromatic N) is 2. The quantitative estimate of drug-likeness (QED) is 0.820. The number of aromatic nitrogens is 2. The zero-order valence-electron chi connectivity index (χ0n) is 8.34. The normalized spacial score (nSPS) is 10.8. The van der Waals surface area contributed by atoms with E-state index in [1.807, 2.05) is 0 Å². The lowest BCUT2D eigenvalue weighted by molar-refractivity contribution is 0.590. The van der Waals surface area contributed by atoms with Gasteiger partial charge < -0.3 is 5.73 Å². The molecule has 2 N–H and O–H groups in total. The van der Waals surface area contributed by atoms with Gasteiger partial charge in [-0.15, -0.1) is 0 Å². The van der Waals surface area contributed by atoms with Gasteiger partial charge >= 0.3 is 0 Å². The number of benzene rings is 1. The molecule has 2 aromatic rings. The smallest absolute Gasteiger partial charge is 0.158 e. The van der Waals surface area contributed by atoms with Gasteiger partial charge in [0.1, 0.15) is 11.5 Å². The molecule has 0 fully saturated rings. The van der Waals surface area contributed by atoms with Crippen LogP contribution in [0.25, 0.3) is 11.3 Å². The topological polar surface area (TPSA) is 43.8 Å². The summed E-state index contributed by atoms with van der Waals surface area (Å²) >= 11 is 3.19. The van der Waals surface area contributed by atoms with E-state index in [0.717, 1.165) is 6.07 Å². The van der Waals surface area contributed by atoms with Crippen molar-refractivity contribution in [3.63, 3.8) is 0 Å². The summed E-state index contributed by atoms with van der Waals surface area (Å²) in [6.45, 7) is 0. The van der Waals surface area contributed by atoms with Gasteiger partial charge in [-0.25, -0.2) is 8.78 Å². The molecule has 0 aliphatic rings. The van der Waals surface area contributed by atoms with Crippen LogP contribution in [-0.4, -0.2) is 9.78 Å². The first-order valence-corrected chi connectivity index (χ1v) is 5.23. The molecule has 16 heavy (non-hydrogen) atoms. The minimum Gasteiger partial charge on any atom is -0.396 e. The summed E-state index contributed by atoms with van der Waals surface area (Å²) in [6.07, 6.45) is 1.61. The summed E-state index contributed by atoms with van der Waals surface area (Å²) < 4.78 is 29.2. The second-order valence-corrected chi connectivity index (χ2v) is 4.18. The molecule has 0 atom stereocenters. The van der Waals surface area contributed by atoms with Crippen LogP contribution in [0.3, 0.4) is 0 Å². The monoisotopic (exact) mass is 287 g/mol. The fourth-order valence-electron chi connectivity index (χ4n) is 1.41. The van der Waals surface area contributed by atoms with Gasteiger partial charge in [0, 0.05) is 13.2 Å². The van der Waals surface area contributed by atoms with E-state index in [1.54, 1.807) is 13.2 Å². The Bertz CT molecular complexity index is 551. The van der Waals surface area contributed by atoms with Crippen molar-refractivity contribution in [1.82, 2.24) is 9.78 Å². The van der Waals surface area contributed by atoms with Crippen molar-refractivity contribution in [3.05, 3.63) is 34.4 Å². The van der Waals surface area contributed by atoms with E-state index in [0.29, 0.717) is 4.47 Å². The maximum absolute atomic E-state index is 13.7. The third-order valence-corrected chi connectivity index (χ3v) is 2.72. The maximum Gasteiger partial charge on any atom is 0.158 e. The minimum atomic E-state index is -0.792. The Morgan fingerprint density at radius 1 is 1.38 bits per heavy atom. The molecular weight excluding hydrogens is 280 g/mol. The molecule has 0 aliphatic heterocycles. The highest BCUT2D eigenvalue weighted by Gasteiger charge is 2.19. The number of nitrogens with two attached hydrogens (primary N) is 1. The minimum absolute atomic E-state index is 0.103. The Labute approximate surface area is 99.0 Å². The van der Waals surface area contributed by atoms with Crippen LogP contribution in [0.2, 0.25) is 0 Å². The van der Waals surface area contributed by atoms with Gasteiger partial charge in [0.2, 0.25) is 0 Å². The van der Waals surface area contributed by atoms with E-state index in [-0.39, 0.29) is 16.9 Å². The molecule has 1 aromatic carbocycles. The van der Waals surface area contributed by atoms with E-state index in [9.17, 15) is 8.78 Å². The summed E-state index contributed by atoms with van der Waals surface area (Å²) in [5.41, 5.74) is 5.27. The number of nitrogen functional groups attached to an aromatic ring is 1. The molecule has 6 heteroatoms. The van der Waals surface area contributed by atoms with Crippen molar-refractivity contribution >= 4 is 21.6 Å². The van der Waals surface area contributed by atoms with E-state index >= 15 is 0 Å². The van der Waals surface area contributed by atoms with Crippen molar-refractivity contribution in [2.45, 2.75) is 0 Å². The Morgan fingerprint density at radius 3 is 2.62 bits per heavy atom. The predicted octanol–water partition coefficient (Wildman–Crippen LogP) is 2.71. The van der Waals surface area contributed by atoms with Crippen LogP contribution in [0, 0.1) is 11.6 Å². The lowest BCUT2D eigenvalue weighted by atomic mass is 10.1. The summed E-state index contributed by atoms with van der Waals surface area (Å²) in [4.78, 5) is 0. The summed E-state index contributed by atoms with van der Waals surface area (Å²) in [7, 11) is 1.66. The second-order valence-electron chi connectivity index (χ2n) is 3.32. The predicted molar refractivity (Wildman–Crippen MR) is 60.7 cm³/mol. The number of hydrogen-bond acceptors (Lipinski definition) is 2. The molecule has 0 saturated heterocycles. The number of anilines is 1. The molecular formula is C10H8BrF2N3. The van der Waals surface area contributed by atoms with E-state index in [2.05, 4.69) is 21.0 Å². The largest absolute Gasteiger partial charge is 0.396 e. The van der Waals surface area contributed by atoms with E-state index in [4.69, 9.17) is 5.73 Å². The number of rotatable bonds is 1.